The first-order valence-electron chi connectivity index (χ1n) is 20.4. The fraction of sp³-hybridized carbons (Fsp3) is 0.333. The molecule has 0 spiro atoms. The number of fused-ring (bicyclic) bond motifs is 8. The molecule has 5 aromatic rings. The van der Waals surface area contributed by atoms with Gasteiger partial charge in [-0.2, -0.15) is 11.8 Å². The number of benzene rings is 5. The van der Waals surface area contributed by atoms with Crippen molar-refractivity contribution in [3.05, 3.63) is 136 Å². The van der Waals surface area contributed by atoms with Gasteiger partial charge in [0.1, 0.15) is 19.0 Å². The van der Waals surface area contributed by atoms with E-state index in [1.165, 1.54) is 16.7 Å². The van der Waals surface area contributed by atoms with Gasteiger partial charge in [0.15, 0.2) is 11.5 Å². The quantitative estimate of drug-likeness (QED) is 0.126. The average molecular weight is 795 g/mol. The van der Waals surface area contributed by atoms with Crippen LogP contribution in [0.25, 0.3) is 0 Å². The summed E-state index contributed by atoms with van der Waals surface area (Å²) in [6.45, 7) is 6.30. The van der Waals surface area contributed by atoms with Crippen LogP contribution in [0.1, 0.15) is 67.4 Å². The van der Waals surface area contributed by atoms with Gasteiger partial charge in [0.05, 0.1) is 41.7 Å². The van der Waals surface area contributed by atoms with Gasteiger partial charge in [-0.1, -0.05) is 55.5 Å². The first-order chi connectivity index (χ1) is 28.3. The van der Waals surface area contributed by atoms with Crippen molar-refractivity contribution >= 4 is 46.3 Å². The van der Waals surface area contributed by atoms with E-state index in [0.717, 1.165) is 82.4 Å². The molecule has 9 nitrogen and oxygen atoms in total. The molecule has 4 heterocycles. The van der Waals surface area contributed by atoms with Crippen molar-refractivity contribution in [3.8, 4) is 17.2 Å². The second-order valence-electron chi connectivity index (χ2n) is 15.9. The first kappa shape index (κ1) is 37.9. The number of anilines is 4. The van der Waals surface area contributed by atoms with Crippen molar-refractivity contribution in [2.45, 2.75) is 64.8 Å². The summed E-state index contributed by atoms with van der Waals surface area (Å²) in [6.07, 6.45) is 3.76. The van der Waals surface area contributed by atoms with E-state index in [2.05, 4.69) is 47.5 Å². The van der Waals surface area contributed by atoms with Gasteiger partial charge in [0.2, 0.25) is 0 Å². The molecule has 9 rings (SSSR count). The van der Waals surface area contributed by atoms with Gasteiger partial charge >= 0.3 is 0 Å². The summed E-state index contributed by atoms with van der Waals surface area (Å²) in [6, 6.07) is 30.9. The fourth-order valence-corrected chi connectivity index (χ4v) is 9.94. The second kappa shape index (κ2) is 16.0. The molecule has 58 heavy (non-hydrogen) atoms. The molecule has 5 aromatic carbocycles. The highest BCUT2D eigenvalue weighted by atomic mass is 32.2. The molecule has 0 fully saturated rings. The number of methoxy groups -OCH3 is 1. The Morgan fingerprint density at radius 2 is 1.34 bits per heavy atom. The van der Waals surface area contributed by atoms with Gasteiger partial charge in [-0.15, -0.1) is 0 Å². The van der Waals surface area contributed by atoms with Crippen LogP contribution in [0.5, 0.6) is 17.2 Å². The number of hydrogen-bond donors (Lipinski definition) is 1. The highest BCUT2D eigenvalue weighted by molar-refractivity contribution is 7.99. The molecule has 0 aromatic heterocycles. The minimum absolute atomic E-state index is 0.0179. The van der Waals surface area contributed by atoms with E-state index in [1.54, 1.807) is 7.11 Å². The smallest absolute Gasteiger partial charge is 0.260 e. The van der Waals surface area contributed by atoms with Crippen LogP contribution in [-0.4, -0.2) is 62.7 Å². The molecule has 2 atom stereocenters. The molecule has 2 amide bonds. The second-order valence-corrected chi connectivity index (χ2v) is 17.1. The largest absolute Gasteiger partial charge is 0.493 e. The Morgan fingerprint density at radius 3 is 2.05 bits per heavy atom. The lowest BCUT2D eigenvalue weighted by Crippen LogP contribution is -2.41. The molecular formula is C48H50N4O5S. The number of carbonyl (C=O) groups excluding carboxylic acids is 2. The molecule has 0 radical (unpaired) electrons. The minimum Gasteiger partial charge on any atom is -0.493 e. The molecule has 10 heteroatoms. The number of likely N-dealkylation sites (N-methyl/N-ethyl adjacent to an activating group) is 1. The topological polar surface area (TPSA) is 83.6 Å². The number of carbonyl (C=O) groups is 2. The Bertz CT molecular complexity index is 2400. The lowest BCUT2D eigenvalue weighted by Gasteiger charge is -2.25. The molecule has 298 valence electrons. The molecular weight excluding hydrogens is 745 g/mol. The first-order valence-corrected chi connectivity index (χ1v) is 21.5. The van der Waals surface area contributed by atoms with Gasteiger partial charge in [-0.25, -0.2) is 0 Å². The van der Waals surface area contributed by atoms with Crippen molar-refractivity contribution in [2.24, 2.45) is 0 Å². The fourth-order valence-electron chi connectivity index (χ4n) is 9.07. The van der Waals surface area contributed by atoms with E-state index in [1.807, 2.05) is 96.2 Å². The number of aryl methyl sites for hydroxylation is 2. The number of amides is 2. The third-order valence-corrected chi connectivity index (χ3v) is 13.0. The maximum atomic E-state index is 14.1. The number of ether oxygens (including phenoxy) is 3. The Hall–Kier alpha value is -5.61. The van der Waals surface area contributed by atoms with Crippen LogP contribution in [0.2, 0.25) is 0 Å². The zero-order valence-electron chi connectivity index (χ0n) is 33.7. The van der Waals surface area contributed by atoms with Crippen molar-refractivity contribution in [3.63, 3.8) is 0 Å². The average Bonchev–Trinajstić information content (AvgIpc) is 3.73. The summed E-state index contributed by atoms with van der Waals surface area (Å²) >= 11 is 1.97. The van der Waals surface area contributed by atoms with Gasteiger partial charge < -0.3 is 34.2 Å². The maximum Gasteiger partial charge on any atom is 0.260 e. The van der Waals surface area contributed by atoms with Gasteiger partial charge in [-0.3, -0.25) is 9.59 Å². The van der Waals surface area contributed by atoms with Crippen LogP contribution in [0.4, 0.5) is 22.7 Å². The third kappa shape index (κ3) is 7.12. The molecule has 0 bridgehead atoms. The van der Waals surface area contributed by atoms with Crippen LogP contribution < -0.4 is 34.2 Å². The van der Waals surface area contributed by atoms with Gasteiger partial charge in [-0.05, 0) is 108 Å². The lowest BCUT2D eigenvalue weighted by molar-refractivity contribution is 0.0975. The lowest BCUT2D eigenvalue weighted by atomic mass is 10.0. The summed E-state index contributed by atoms with van der Waals surface area (Å²) in [7, 11) is 3.67. The van der Waals surface area contributed by atoms with E-state index in [9.17, 15) is 9.59 Å². The van der Waals surface area contributed by atoms with Crippen molar-refractivity contribution in [1.29, 1.82) is 0 Å². The van der Waals surface area contributed by atoms with Crippen LogP contribution in [-0.2, 0) is 32.5 Å². The van der Waals surface area contributed by atoms with E-state index >= 15 is 0 Å². The zero-order chi connectivity index (χ0) is 39.9. The molecule has 1 N–H and O–H groups in total. The molecule has 4 aliphatic rings. The minimum atomic E-state index is -0.0179. The third-order valence-electron chi connectivity index (χ3n) is 11.8. The van der Waals surface area contributed by atoms with Gasteiger partial charge in [0.25, 0.3) is 11.8 Å². The Morgan fingerprint density at radius 1 is 0.707 bits per heavy atom. The summed E-state index contributed by atoms with van der Waals surface area (Å²) in [5, 5.41) is 3.57. The van der Waals surface area contributed by atoms with Crippen LogP contribution >= 0.6 is 11.8 Å². The number of nitrogens with zero attached hydrogens (tertiary/aromatic N) is 3. The van der Waals surface area contributed by atoms with Gasteiger partial charge in [0, 0.05) is 43.6 Å². The highest BCUT2D eigenvalue weighted by Gasteiger charge is 2.40. The molecule has 0 saturated heterocycles. The van der Waals surface area contributed by atoms with Crippen LogP contribution in [0, 0.1) is 6.92 Å². The summed E-state index contributed by atoms with van der Waals surface area (Å²) in [4.78, 5) is 34.1. The zero-order valence-corrected chi connectivity index (χ0v) is 34.5. The predicted molar refractivity (Wildman–Crippen MR) is 234 cm³/mol. The van der Waals surface area contributed by atoms with Crippen molar-refractivity contribution in [1.82, 2.24) is 0 Å². The molecule has 0 saturated carbocycles. The van der Waals surface area contributed by atoms with Crippen LogP contribution in [0.15, 0.2) is 91.0 Å². The monoisotopic (exact) mass is 794 g/mol. The number of rotatable bonds is 12. The number of hydrogen-bond acceptors (Lipinski definition) is 8. The Balaban J connectivity index is 0.947. The summed E-state index contributed by atoms with van der Waals surface area (Å²) in [5.74, 6) is 4.05. The Kier molecular flexibility index (Phi) is 10.4. The van der Waals surface area contributed by atoms with E-state index in [0.29, 0.717) is 48.9 Å². The summed E-state index contributed by atoms with van der Waals surface area (Å²) in [5.41, 5.74) is 11.6. The number of para-hydroxylation sites is 2. The van der Waals surface area contributed by atoms with E-state index in [-0.39, 0.29) is 23.9 Å². The maximum absolute atomic E-state index is 14.1. The number of thioether (sulfide) groups is 1. The number of nitrogens with one attached hydrogen (secondary N) is 1. The van der Waals surface area contributed by atoms with Crippen molar-refractivity contribution < 1.29 is 23.8 Å². The molecule has 0 aliphatic carbocycles. The normalized spacial score (nSPS) is 17.6. The summed E-state index contributed by atoms with van der Waals surface area (Å²) < 4.78 is 19.0. The molecule has 4 aliphatic heterocycles. The Labute approximate surface area is 345 Å². The SMILES string of the molecule is CCCSCCc1cc(COc2cc3c(cc2C)C(=O)N2c4ccccc4C[C@H]2CN3)cc(COc2cc3c(cc2OC)C(=O)N2c4ccccc4C[C@H]2CN3C)c1. The predicted octanol–water partition coefficient (Wildman–Crippen LogP) is 8.87. The van der Waals surface area contributed by atoms with E-state index < -0.39 is 0 Å². The molecule has 0 unspecified atom stereocenters. The highest BCUT2D eigenvalue weighted by Crippen LogP contribution is 2.43. The standard InChI is InChI=1S/C48H50N4O5S/c1-5-15-58-16-14-31-18-32(28-56-44-24-40-38(17-30(44)2)47(53)51-36(26-49-40)21-34-10-6-8-12-41(34)51)20-33(19-31)29-57-46-25-43-39(23-45(46)55-4)48(54)52-37(27-50(43)3)22-35-11-7-9-13-42(35)52/h6-13,17-20,23-25,36-37,49H,5,14-16,21-22,26-29H2,1-4H3/t36-,37-/m0/s1. The van der Waals surface area contributed by atoms with Crippen molar-refractivity contribution in [2.75, 3.05) is 58.8 Å². The van der Waals surface area contributed by atoms with E-state index in [4.69, 9.17) is 14.2 Å². The van der Waals surface area contributed by atoms with Crippen LogP contribution in [0.3, 0.4) is 0 Å².